The Morgan fingerprint density at radius 3 is 2.41 bits per heavy atom. The molecule has 0 radical (unpaired) electrons. The molecule has 1 nitrogen and oxygen atoms in total. The molecule has 2 aromatic carbocycles. The lowest BCUT2D eigenvalue weighted by Gasteiger charge is -2.14. The van der Waals surface area contributed by atoms with Crippen LogP contribution < -0.4 is 5.73 Å². The minimum absolute atomic E-state index is 0.102. The van der Waals surface area contributed by atoms with Gasteiger partial charge in [-0.25, -0.2) is 4.39 Å². The molecule has 0 saturated carbocycles. The van der Waals surface area contributed by atoms with E-state index in [2.05, 4.69) is 0 Å². The zero-order valence-electron chi connectivity index (χ0n) is 9.45. The van der Waals surface area contributed by atoms with Gasteiger partial charge in [-0.05, 0) is 18.6 Å². The van der Waals surface area contributed by atoms with Gasteiger partial charge in [0, 0.05) is 5.56 Å². The van der Waals surface area contributed by atoms with Gasteiger partial charge in [0.1, 0.15) is 5.82 Å². The number of aryl methyl sites for hydroxylation is 1. The Balaban J connectivity index is 2.40. The van der Waals surface area contributed by atoms with Gasteiger partial charge in [-0.1, -0.05) is 53.6 Å². The minimum Gasteiger partial charge on any atom is -0.320 e. The van der Waals surface area contributed by atoms with Gasteiger partial charge >= 0.3 is 0 Å². The average Bonchev–Trinajstić information content (AvgIpc) is 2.33. The van der Waals surface area contributed by atoms with Crippen molar-refractivity contribution in [2.45, 2.75) is 13.0 Å². The van der Waals surface area contributed by atoms with Crippen LogP contribution in [0.2, 0.25) is 5.02 Å². The maximum atomic E-state index is 13.8. The van der Waals surface area contributed by atoms with E-state index < -0.39 is 11.9 Å². The summed E-state index contributed by atoms with van der Waals surface area (Å²) >= 11 is 5.74. The SMILES string of the molecule is Cc1ccc(C(N)c2cccc(Cl)c2F)cc1. The second-order valence-corrected chi connectivity index (χ2v) is 4.44. The van der Waals surface area contributed by atoms with Crippen LogP contribution in [0.15, 0.2) is 42.5 Å². The molecular weight excluding hydrogens is 237 g/mol. The van der Waals surface area contributed by atoms with Crippen molar-refractivity contribution in [3.05, 3.63) is 70.0 Å². The summed E-state index contributed by atoms with van der Waals surface area (Å²) in [6, 6.07) is 12.1. The van der Waals surface area contributed by atoms with Crippen LogP contribution in [0, 0.1) is 12.7 Å². The molecule has 0 bridgehead atoms. The summed E-state index contributed by atoms with van der Waals surface area (Å²) in [6.45, 7) is 2.00. The van der Waals surface area contributed by atoms with E-state index in [1.807, 2.05) is 31.2 Å². The largest absolute Gasteiger partial charge is 0.320 e. The second-order valence-electron chi connectivity index (χ2n) is 4.03. The molecule has 2 rings (SSSR count). The summed E-state index contributed by atoms with van der Waals surface area (Å²) < 4.78 is 13.8. The lowest BCUT2D eigenvalue weighted by molar-refractivity contribution is 0.600. The third-order valence-corrected chi connectivity index (χ3v) is 3.04. The zero-order valence-corrected chi connectivity index (χ0v) is 10.2. The number of benzene rings is 2. The van der Waals surface area contributed by atoms with Crippen LogP contribution in [0.3, 0.4) is 0 Å². The Bertz CT molecular complexity index is 522. The fourth-order valence-electron chi connectivity index (χ4n) is 1.71. The molecule has 1 atom stereocenters. The van der Waals surface area contributed by atoms with Gasteiger partial charge < -0.3 is 5.73 Å². The molecule has 1 unspecified atom stereocenters. The molecule has 0 aliphatic carbocycles. The number of rotatable bonds is 2. The van der Waals surface area contributed by atoms with Crippen molar-refractivity contribution >= 4 is 11.6 Å². The predicted octanol–water partition coefficient (Wildman–Crippen LogP) is 3.84. The number of halogens is 2. The standard InChI is InChI=1S/C14H13ClFN/c1-9-5-7-10(8-6-9)14(17)11-3-2-4-12(15)13(11)16/h2-8,14H,17H2,1H3. The molecule has 88 valence electrons. The van der Waals surface area contributed by atoms with Crippen LogP contribution in [0.5, 0.6) is 0 Å². The first-order valence-corrected chi connectivity index (χ1v) is 5.73. The highest BCUT2D eigenvalue weighted by Crippen LogP contribution is 2.26. The van der Waals surface area contributed by atoms with Crippen molar-refractivity contribution in [3.8, 4) is 0 Å². The topological polar surface area (TPSA) is 26.0 Å². The van der Waals surface area contributed by atoms with Crippen molar-refractivity contribution in [2.24, 2.45) is 5.73 Å². The summed E-state index contributed by atoms with van der Waals surface area (Å²) in [5, 5.41) is 0.102. The molecule has 0 aliphatic heterocycles. The first-order chi connectivity index (χ1) is 8.09. The van der Waals surface area contributed by atoms with Gasteiger partial charge in [-0.15, -0.1) is 0 Å². The van der Waals surface area contributed by atoms with E-state index in [1.165, 1.54) is 6.07 Å². The maximum Gasteiger partial charge on any atom is 0.146 e. The molecule has 0 saturated heterocycles. The molecule has 2 N–H and O–H groups in total. The molecular formula is C14H13ClFN. The van der Waals surface area contributed by atoms with Crippen LogP contribution in [0.25, 0.3) is 0 Å². The summed E-state index contributed by atoms with van der Waals surface area (Å²) in [5.74, 6) is -0.442. The Labute approximate surface area is 105 Å². The molecule has 0 aromatic heterocycles. The highest BCUT2D eigenvalue weighted by Gasteiger charge is 2.15. The molecule has 0 aliphatic rings. The van der Waals surface area contributed by atoms with E-state index in [1.54, 1.807) is 12.1 Å². The first-order valence-electron chi connectivity index (χ1n) is 5.35. The Kier molecular flexibility index (Phi) is 3.46. The van der Waals surface area contributed by atoms with Crippen molar-refractivity contribution in [1.82, 2.24) is 0 Å². The summed E-state index contributed by atoms with van der Waals surface area (Å²) in [4.78, 5) is 0. The molecule has 0 spiro atoms. The third kappa shape index (κ3) is 2.48. The van der Waals surface area contributed by atoms with Gasteiger partial charge in [-0.2, -0.15) is 0 Å². The smallest absolute Gasteiger partial charge is 0.146 e. The predicted molar refractivity (Wildman–Crippen MR) is 68.6 cm³/mol. The molecule has 0 fully saturated rings. The van der Waals surface area contributed by atoms with E-state index in [0.29, 0.717) is 5.56 Å². The van der Waals surface area contributed by atoms with E-state index in [4.69, 9.17) is 17.3 Å². The molecule has 0 amide bonds. The van der Waals surface area contributed by atoms with Crippen LogP contribution in [0.4, 0.5) is 4.39 Å². The van der Waals surface area contributed by atoms with Crippen LogP contribution in [-0.2, 0) is 0 Å². The van der Waals surface area contributed by atoms with Crippen LogP contribution in [-0.4, -0.2) is 0 Å². The highest BCUT2D eigenvalue weighted by atomic mass is 35.5. The summed E-state index contributed by atoms with van der Waals surface area (Å²) in [6.07, 6.45) is 0. The Hall–Kier alpha value is -1.38. The number of hydrogen-bond acceptors (Lipinski definition) is 1. The van der Waals surface area contributed by atoms with Crippen molar-refractivity contribution < 1.29 is 4.39 Å². The van der Waals surface area contributed by atoms with E-state index in [9.17, 15) is 4.39 Å². The van der Waals surface area contributed by atoms with Crippen LogP contribution in [0.1, 0.15) is 22.7 Å². The summed E-state index contributed by atoms with van der Waals surface area (Å²) in [7, 11) is 0. The highest BCUT2D eigenvalue weighted by molar-refractivity contribution is 6.30. The van der Waals surface area contributed by atoms with Gasteiger partial charge in [0.25, 0.3) is 0 Å². The Morgan fingerprint density at radius 2 is 1.76 bits per heavy atom. The van der Waals surface area contributed by atoms with Crippen molar-refractivity contribution in [2.75, 3.05) is 0 Å². The van der Waals surface area contributed by atoms with E-state index >= 15 is 0 Å². The van der Waals surface area contributed by atoms with Crippen molar-refractivity contribution in [1.29, 1.82) is 0 Å². The maximum absolute atomic E-state index is 13.8. The fraction of sp³-hybridized carbons (Fsp3) is 0.143. The van der Waals surface area contributed by atoms with Gasteiger partial charge in [0.2, 0.25) is 0 Å². The lowest BCUT2D eigenvalue weighted by atomic mass is 9.98. The van der Waals surface area contributed by atoms with E-state index in [-0.39, 0.29) is 5.02 Å². The zero-order chi connectivity index (χ0) is 12.4. The van der Waals surface area contributed by atoms with Gasteiger partial charge in [-0.3, -0.25) is 0 Å². The average molecular weight is 250 g/mol. The summed E-state index contributed by atoms with van der Waals surface area (Å²) in [5.41, 5.74) is 8.47. The molecule has 17 heavy (non-hydrogen) atoms. The monoisotopic (exact) mass is 249 g/mol. The van der Waals surface area contributed by atoms with Crippen LogP contribution >= 0.6 is 11.6 Å². The second kappa shape index (κ2) is 4.86. The minimum atomic E-state index is -0.491. The third-order valence-electron chi connectivity index (χ3n) is 2.75. The van der Waals surface area contributed by atoms with Gasteiger partial charge in [0.05, 0.1) is 11.1 Å². The van der Waals surface area contributed by atoms with Gasteiger partial charge in [0.15, 0.2) is 0 Å². The molecule has 3 heteroatoms. The first kappa shape index (κ1) is 12.1. The number of hydrogen-bond donors (Lipinski definition) is 1. The van der Waals surface area contributed by atoms with Crippen molar-refractivity contribution in [3.63, 3.8) is 0 Å². The lowest BCUT2D eigenvalue weighted by Crippen LogP contribution is -2.13. The normalized spacial score (nSPS) is 12.5. The molecule has 0 heterocycles. The quantitative estimate of drug-likeness (QED) is 0.860. The molecule has 2 aromatic rings. The van der Waals surface area contributed by atoms with E-state index in [0.717, 1.165) is 11.1 Å². The fourth-order valence-corrected chi connectivity index (χ4v) is 1.90. The Morgan fingerprint density at radius 1 is 1.12 bits per heavy atom. The number of nitrogens with two attached hydrogens (primary N) is 1.